The molecule has 110 valence electrons. The van der Waals surface area contributed by atoms with Crippen LogP contribution in [0.5, 0.6) is 0 Å². The number of hydrogen-bond donors (Lipinski definition) is 1. The highest BCUT2D eigenvalue weighted by Gasteiger charge is 2.25. The summed E-state index contributed by atoms with van der Waals surface area (Å²) in [5, 5.41) is 8.85. The van der Waals surface area contributed by atoms with Gasteiger partial charge in [0.1, 0.15) is 0 Å². The number of rotatable bonds is 5. The lowest BCUT2D eigenvalue weighted by molar-refractivity contribution is -0.142. The van der Waals surface area contributed by atoms with Gasteiger partial charge in [0.05, 0.1) is 19.1 Å². The number of carboxylic acid groups (broad SMARTS) is 1. The molecule has 1 aromatic rings. The van der Waals surface area contributed by atoms with Gasteiger partial charge in [-0.3, -0.25) is 9.69 Å². The first kappa shape index (κ1) is 15.5. The number of benzene rings is 1. The quantitative estimate of drug-likeness (QED) is 0.894. The molecule has 1 saturated heterocycles. The van der Waals surface area contributed by atoms with Crippen molar-refractivity contribution < 1.29 is 14.6 Å². The van der Waals surface area contributed by atoms with Crippen LogP contribution in [0.3, 0.4) is 0 Å². The number of halogens is 1. The van der Waals surface area contributed by atoms with E-state index in [9.17, 15) is 4.79 Å². The van der Waals surface area contributed by atoms with Crippen molar-refractivity contribution >= 4 is 21.9 Å². The lowest BCUT2D eigenvalue weighted by Gasteiger charge is -2.36. The summed E-state index contributed by atoms with van der Waals surface area (Å²) in [4.78, 5) is 13.1. The Hall–Kier alpha value is -0.910. The van der Waals surface area contributed by atoms with Crippen LogP contribution >= 0.6 is 15.9 Å². The van der Waals surface area contributed by atoms with Gasteiger partial charge in [0.25, 0.3) is 0 Å². The van der Waals surface area contributed by atoms with Crippen LogP contribution < -0.4 is 0 Å². The number of aliphatic carboxylic acids is 1. The van der Waals surface area contributed by atoms with E-state index in [1.54, 1.807) is 0 Å². The van der Waals surface area contributed by atoms with Crippen LogP contribution in [0.4, 0.5) is 0 Å². The highest BCUT2D eigenvalue weighted by atomic mass is 79.9. The fourth-order valence-electron chi connectivity index (χ4n) is 2.55. The molecule has 2 atom stereocenters. The van der Waals surface area contributed by atoms with E-state index in [0.717, 1.165) is 17.4 Å². The zero-order chi connectivity index (χ0) is 14.5. The van der Waals surface area contributed by atoms with Crippen molar-refractivity contribution in [1.82, 2.24) is 4.90 Å². The zero-order valence-electron chi connectivity index (χ0n) is 11.6. The number of carbonyl (C=O) groups is 1. The maximum Gasteiger partial charge on any atom is 0.306 e. The van der Waals surface area contributed by atoms with Gasteiger partial charge in [-0.2, -0.15) is 0 Å². The summed E-state index contributed by atoms with van der Waals surface area (Å²) in [6, 6.07) is 8.73. The Bertz CT molecular complexity index is 449. The normalized spacial score (nSPS) is 21.6. The zero-order valence-corrected chi connectivity index (χ0v) is 13.2. The fourth-order valence-corrected chi connectivity index (χ4v) is 2.82. The van der Waals surface area contributed by atoms with Crippen molar-refractivity contribution in [2.75, 3.05) is 19.7 Å². The minimum atomic E-state index is -0.794. The third-order valence-corrected chi connectivity index (χ3v) is 4.17. The highest BCUT2D eigenvalue weighted by molar-refractivity contribution is 9.10. The molecule has 1 aromatic carbocycles. The summed E-state index contributed by atoms with van der Waals surface area (Å²) in [6.07, 6.45) is 0.864. The van der Waals surface area contributed by atoms with Crippen molar-refractivity contribution in [2.24, 2.45) is 0 Å². The van der Waals surface area contributed by atoms with Crippen LogP contribution in [0.15, 0.2) is 28.7 Å². The Kier molecular flexibility index (Phi) is 5.57. The minimum absolute atomic E-state index is 0.0848. The molecule has 1 aliphatic rings. The van der Waals surface area contributed by atoms with E-state index in [4.69, 9.17) is 9.84 Å². The standard InChI is InChI=1S/C15H20BrNO3/c1-11(8-12-2-4-13(16)5-3-12)17-6-7-20-14(10-17)9-15(18)19/h2-5,11,14H,6-10H2,1H3,(H,18,19). The topological polar surface area (TPSA) is 49.8 Å². The molecule has 0 aliphatic carbocycles. The average molecular weight is 342 g/mol. The van der Waals surface area contributed by atoms with E-state index < -0.39 is 5.97 Å². The molecule has 1 heterocycles. The van der Waals surface area contributed by atoms with Gasteiger partial charge < -0.3 is 9.84 Å². The third-order valence-electron chi connectivity index (χ3n) is 3.64. The van der Waals surface area contributed by atoms with Crippen LogP contribution in [0.1, 0.15) is 18.9 Å². The lowest BCUT2D eigenvalue weighted by atomic mass is 10.0. The SMILES string of the molecule is CC(Cc1ccc(Br)cc1)N1CCOC(CC(=O)O)C1. The van der Waals surface area contributed by atoms with E-state index in [0.29, 0.717) is 19.2 Å². The first-order chi connectivity index (χ1) is 9.54. The molecule has 0 aromatic heterocycles. The molecule has 0 radical (unpaired) electrons. The van der Waals surface area contributed by atoms with Crippen LogP contribution in [-0.2, 0) is 16.0 Å². The van der Waals surface area contributed by atoms with E-state index in [-0.39, 0.29) is 12.5 Å². The maximum atomic E-state index is 10.8. The second-order valence-corrected chi connectivity index (χ2v) is 6.18. The predicted molar refractivity (Wildman–Crippen MR) is 80.9 cm³/mol. The summed E-state index contributed by atoms with van der Waals surface area (Å²) in [5.41, 5.74) is 1.29. The molecule has 2 rings (SSSR count). The molecular weight excluding hydrogens is 322 g/mol. The fraction of sp³-hybridized carbons (Fsp3) is 0.533. The number of carboxylic acids is 1. The van der Waals surface area contributed by atoms with E-state index in [1.165, 1.54) is 5.56 Å². The molecule has 0 saturated carbocycles. The lowest BCUT2D eigenvalue weighted by Crippen LogP contribution is -2.47. The number of morpholine rings is 1. The Morgan fingerprint density at radius 3 is 2.85 bits per heavy atom. The summed E-state index contributed by atoms with van der Waals surface area (Å²) in [5.74, 6) is -0.794. The predicted octanol–water partition coefficient (Wildman–Crippen LogP) is 2.56. The summed E-state index contributed by atoms with van der Waals surface area (Å²) in [7, 11) is 0. The van der Waals surface area contributed by atoms with Gasteiger partial charge in [0.15, 0.2) is 0 Å². The van der Waals surface area contributed by atoms with Gasteiger partial charge in [-0.15, -0.1) is 0 Å². The molecule has 4 nitrogen and oxygen atoms in total. The Morgan fingerprint density at radius 2 is 2.20 bits per heavy atom. The van der Waals surface area contributed by atoms with Crippen molar-refractivity contribution in [3.63, 3.8) is 0 Å². The average Bonchev–Trinajstić information content (AvgIpc) is 2.41. The number of hydrogen-bond acceptors (Lipinski definition) is 3. The summed E-state index contributed by atoms with van der Waals surface area (Å²) in [6.45, 7) is 4.37. The molecule has 0 bridgehead atoms. The van der Waals surface area contributed by atoms with Gasteiger partial charge in [-0.1, -0.05) is 28.1 Å². The Morgan fingerprint density at radius 1 is 1.50 bits per heavy atom. The van der Waals surface area contributed by atoms with Crippen LogP contribution in [0, 0.1) is 0 Å². The van der Waals surface area contributed by atoms with Gasteiger partial charge in [0, 0.05) is 23.6 Å². The molecule has 1 N–H and O–H groups in total. The molecular formula is C15H20BrNO3. The monoisotopic (exact) mass is 341 g/mol. The first-order valence-electron chi connectivity index (χ1n) is 6.86. The molecule has 0 amide bonds. The van der Waals surface area contributed by atoms with Gasteiger partial charge in [-0.05, 0) is 31.0 Å². The summed E-state index contributed by atoms with van der Waals surface area (Å²) < 4.78 is 6.59. The highest BCUT2D eigenvalue weighted by Crippen LogP contribution is 2.17. The Labute approximate surface area is 127 Å². The maximum absolute atomic E-state index is 10.8. The smallest absolute Gasteiger partial charge is 0.306 e. The van der Waals surface area contributed by atoms with Gasteiger partial charge >= 0.3 is 5.97 Å². The molecule has 0 spiro atoms. The minimum Gasteiger partial charge on any atom is -0.481 e. The first-order valence-corrected chi connectivity index (χ1v) is 7.66. The Balaban J connectivity index is 1.89. The van der Waals surface area contributed by atoms with Gasteiger partial charge in [0.2, 0.25) is 0 Å². The van der Waals surface area contributed by atoms with Crippen molar-refractivity contribution in [1.29, 1.82) is 0 Å². The van der Waals surface area contributed by atoms with E-state index in [1.807, 2.05) is 0 Å². The molecule has 2 unspecified atom stereocenters. The van der Waals surface area contributed by atoms with Crippen LogP contribution in [0.25, 0.3) is 0 Å². The van der Waals surface area contributed by atoms with Crippen molar-refractivity contribution in [3.05, 3.63) is 34.3 Å². The summed E-state index contributed by atoms with van der Waals surface area (Å²) >= 11 is 3.44. The second-order valence-electron chi connectivity index (χ2n) is 5.27. The number of nitrogens with zero attached hydrogens (tertiary/aromatic N) is 1. The van der Waals surface area contributed by atoms with Crippen LogP contribution in [-0.4, -0.2) is 47.8 Å². The van der Waals surface area contributed by atoms with E-state index >= 15 is 0 Å². The third kappa shape index (κ3) is 4.58. The second kappa shape index (κ2) is 7.20. The molecule has 5 heteroatoms. The van der Waals surface area contributed by atoms with Crippen molar-refractivity contribution in [2.45, 2.75) is 31.9 Å². The van der Waals surface area contributed by atoms with E-state index in [2.05, 4.69) is 52.0 Å². The molecule has 20 heavy (non-hydrogen) atoms. The largest absolute Gasteiger partial charge is 0.481 e. The molecule has 1 aliphatic heterocycles. The number of ether oxygens (including phenoxy) is 1. The van der Waals surface area contributed by atoms with Crippen molar-refractivity contribution in [3.8, 4) is 0 Å². The van der Waals surface area contributed by atoms with Crippen LogP contribution in [0.2, 0.25) is 0 Å². The molecule has 1 fully saturated rings. The van der Waals surface area contributed by atoms with Gasteiger partial charge in [-0.25, -0.2) is 0 Å².